The second-order valence-corrected chi connectivity index (χ2v) is 42.6. The third kappa shape index (κ3) is 6.51. The minimum atomic E-state index is -4.79. The van der Waals surface area contributed by atoms with Gasteiger partial charge < -0.3 is 0 Å². The molecule has 2 aromatic carbocycles. The van der Waals surface area contributed by atoms with Crippen molar-refractivity contribution in [2.24, 2.45) is 0 Å². The second kappa shape index (κ2) is 15.1. The van der Waals surface area contributed by atoms with Gasteiger partial charge in [0.2, 0.25) is 0 Å². The second-order valence-electron chi connectivity index (χ2n) is 14.7. The summed E-state index contributed by atoms with van der Waals surface area (Å²) in [4.78, 5) is 7.45. The van der Waals surface area contributed by atoms with Gasteiger partial charge in [-0.05, 0) is 0 Å². The first-order valence-corrected chi connectivity index (χ1v) is 29.6. The molecule has 4 aliphatic rings. The number of nitrogens with zero attached hydrogens (tertiary/aromatic N) is 2. The summed E-state index contributed by atoms with van der Waals surface area (Å²) >= 11 is 0. The number of hydrogen-bond donors (Lipinski definition) is 0. The molecule has 1 heterocycles. The van der Waals surface area contributed by atoms with Crippen LogP contribution in [0.15, 0.2) is 48.5 Å². The van der Waals surface area contributed by atoms with Gasteiger partial charge in [-0.3, -0.25) is 0 Å². The van der Waals surface area contributed by atoms with Gasteiger partial charge in [0.15, 0.2) is 0 Å². The fourth-order valence-electron chi connectivity index (χ4n) is 9.79. The Morgan fingerprint density at radius 1 is 0.630 bits per heavy atom. The Labute approximate surface area is 288 Å². The summed E-state index contributed by atoms with van der Waals surface area (Å²) in [7, 11) is 13.5. The molecule has 1 saturated heterocycles. The number of anilines is 2. The number of benzene rings is 2. The van der Waals surface area contributed by atoms with Crippen molar-refractivity contribution in [3.8, 4) is 0 Å². The van der Waals surface area contributed by atoms with Gasteiger partial charge in [0, 0.05) is 0 Å². The van der Waals surface area contributed by atoms with Crippen LogP contribution in [0.25, 0.3) is 0 Å². The van der Waals surface area contributed by atoms with Crippen molar-refractivity contribution >= 4 is 45.5 Å². The van der Waals surface area contributed by atoms with Gasteiger partial charge in [0.25, 0.3) is 0 Å². The minimum absolute atomic E-state index is 0.613. The number of hydrogen-bond acceptors (Lipinski definition) is 3. The molecule has 0 unspecified atom stereocenters. The summed E-state index contributed by atoms with van der Waals surface area (Å²) in [5.41, 5.74) is 4.47. The topological polar surface area (TPSA) is 15.7 Å². The van der Waals surface area contributed by atoms with Crippen LogP contribution in [-0.2, 0) is 15.0 Å². The quantitative estimate of drug-likeness (QED) is 0.196. The SMILES string of the molecule is CCO[CH]=[Ru]([Cl])([Cl])(=[C]1N(c2ccc(C)cc2)CCCN1c1ccc(C)cc1)[PH](C1CCCCC1)(C1CCCCC1)C1CCCCC1. The van der Waals surface area contributed by atoms with Gasteiger partial charge in [-0.15, -0.1) is 0 Å². The van der Waals surface area contributed by atoms with E-state index in [0.29, 0.717) is 23.6 Å². The molecule has 7 heteroatoms. The first-order valence-electron chi connectivity index (χ1n) is 18.5. The Kier molecular flexibility index (Phi) is 11.6. The average molecular weight is 776 g/mol. The van der Waals surface area contributed by atoms with Crippen molar-refractivity contribution in [3.63, 3.8) is 0 Å². The molecule has 46 heavy (non-hydrogen) atoms. The fourth-order valence-corrected chi connectivity index (χ4v) is 55.8. The first-order chi connectivity index (χ1) is 22.3. The molecule has 6 rings (SSSR count). The van der Waals surface area contributed by atoms with E-state index in [1.54, 1.807) is 0 Å². The molecular formula is C39H60Cl2N2OPRu. The predicted octanol–water partition coefficient (Wildman–Crippen LogP) is 11.6. The van der Waals surface area contributed by atoms with Gasteiger partial charge in [0.05, 0.1) is 0 Å². The predicted molar refractivity (Wildman–Crippen MR) is 205 cm³/mol. The normalized spacial score (nSPS) is 22.8. The standard InChI is InChI=1S/C18H20N2.C18H33P.C3H6O.2ClH.Ru/c1-15-4-8-17(9-5-15)19-12-3-13-20(14-19)18-10-6-16(2)7-11-18;1-4-10-16(11-5-1)19(17-12-6-2-7-13-17)18-14-8-3-9-15-18;1-3-4-2;;;/h4-11H,3,12-13H2,1-2H3;16-18H,1-15H2;2H,3H2,1H3;2*1H;/q;;;;;+1/p-1. The van der Waals surface area contributed by atoms with Crippen molar-refractivity contribution in [3.05, 3.63) is 59.7 Å². The zero-order valence-electron chi connectivity index (χ0n) is 28.8. The maximum absolute atomic E-state index is 9.13. The molecule has 0 bridgehead atoms. The monoisotopic (exact) mass is 775 g/mol. The van der Waals surface area contributed by atoms with E-state index in [1.165, 1.54) is 123 Å². The van der Waals surface area contributed by atoms with Crippen molar-refractivity contribution in [1.29, 1.82) is 0 Å². The summed E-state index contributed by atoms with van der Waals surface area (Å²) in [6.45, 7) is 9.00. The van der Waals surface area contributed by atoms with Crippen LogP contribution in [0.3, 0.4) is 0 Å². The average Bonchev–Trinajstić information content (AvgIpc) is 3.09. The molecular weight excluding hydrogens is 715 g/mol. The van der Waals surface area contributed by atoms with E-state index in [9.17, 15) is 0 Å². The molecule has 259 valence electrons. The van der Waals surface area contributed by atoms with Gasteiger partial charge in [0.1, 0.15) is 0 Å². The van der Waals surface area contributed by atoms with E-state index in [2.05, 4.69) is 83.9 Å². The van der Waals surface area contributed by atoms with Crippen molar-refractivity contribution in [2.45, 2.75) is 140 Å². The van der Waals surface area contributed by atoms with E-state index in [0.717, 1.165) is 19.5 Å². The summed E-state index contributed by atoms with van der Waals surface area (Å²) in [6.07, 6.45) is 21.0. The van der Waals surface area contributed by atoms with Crippen LogP contribution in [-0.4, -0.2) is 45.8 Å². The number of halogens is 2. The Balaban J connectivity index is 1.77. The summed E-state index contributed by atoms with van der Waals surface area (Å²) < 4.78 is 7.94. The molecule has 0 aromatic heterocycles. The van der Waals surface area contributed by atoms with Crippen LogP contribution in [0.2, 0.25) is 0 Å². The zero-order valence-corrected chi connectivity index (χ0v) is 33.0. The third-order valence-electron chi connectivity index (χ3n) is 11.8. The van der Waals surface area contributed by atoms with Gasteiger partial charge in [-0.2, -0.15) is 0 Å². The molecule has 0 radical (unpaired) electrons. The molecule has 1 aliphatic heterocycles. The van der Waals surface area contributed by atoms with Crippen LogP contribution >= 0.6 is 25.0 Å². The van der Waals surface area contributed by atoms with Gasteiger partial charge in [-0.1, -0.05) is 0 Å². The van der Waals surface area contributed by atoms with Crippen molar-refractivity contribution < 1.29 is 15.0 Å². The molecule has 3 saturated carbocycles. The van der Waals surface area contributed by atoms with E-state index in [4.69, 9.17) is 24.1 Å². The molecule has 0 N–H and O–H groups in total. The first kappa shape index (κ1) is 35.2. The van der Waals surface area contributed by atoms with Crippen LogP contribution in [0, 0.1) is 13.8 Å². The number of ether oxygens (including phenoxy) is 1. The molecule has 0 amide bonds. The van der Waals surface area contributed by atoms with Crippen LogP contribution in [0.1, 0.15) is 121 Å². The van der Waals surface area contributed by atoms with Crippen LogP contribution in [0.5, 0.6) is 0 Å². The third-order valence-corrected chi connectivity index (χ3v) is 48.2. The zero-order chi connectivity index (χ0) is 32.2. The van der Waals surface area contributed by atoms with E-state index >= 15 is 0 Å². The Bertz CT molecular complexity index is 1350. The Hall–Kier alpha value is -0.627. The maximum atomic E-state index is 9.13. The van der Waals surface area contributed by atoms with Crippen LogP contribution < -0.4 is 9.80 Å². The summed E-state index contributed by atoms with van der Waals surface area (Å²) in [5.74, 6) is 0. The van der Waals surface area contributed by atoms with Crippen molar-refractivity contribution in [2.75, 3.05) is 29.5 Å². The summed E-state index contributed by atoms with van der Waals surface area (Å²) in [5, 5.41) is 0. The molecule has 4 fully saturated rings. The van der Waals surface area contributed by atoms with Gasteiger partial charge in [-0.25, -0.2) is 0 Å². The molecule has 3 nitrogen and oxygen atoms in total. The Morgan fingerprint density at radius 2 is 1.00 bits per heavy atom. The number of rotatable bonds is 8. The molecule has 2 aromatic rings. The van der Waals surface area contributed by atoms with E-state index in [1.807, 2.05) is 0 Å². The Morgan fingerprint density at radius 3 is 1.35 bits per heavy atom. The number of aryl methyl sites for hydroxylation is 2. The summed E-state index contributed by atoms with van der Waals surface area (Å²) in [6, 6.07) is 18.3. The fraction of sp³-hybridized carbons (Fsp3) is 0.641. The molecule has 3 aliphatic carbocycles. The molecule has 0 atom stereocenters. The van der Waals surface area contributed by atoms with Gasteiger partial charge >= 0.3 is 290 Å². The van der Waals surface area contributed by atoms with Crippen LogP contribution in [0.4, 0.5) is 11.4 Å². The molecule has 0 spiro atoms. The van der Waals surface area contributed by atoms with Crippen molar-refractivity contribution in [1.82, 2.24) is 0 Å². The van der Waals surface area contributed by atoms with E-state index in [-0.39, 0.29) is 0 Å². The van der Waals surface area contributed by atoms with E-state index < -0.39 is 15.8 Å².